The predicted octanol–water partition coefficient (Wildman–Crippen LogP) is 1.78. The second-order valence-electron chi connectivity index (χ2n) is 7.04. The zero-order valence-corrected chi connectivity index (χ0v) is 13.4. The van der Waals surface area contributed by atoms with E-state index in [1.807, 2.05) is 4.57 Å². The smallest absolute Gasteiger partial charge is 0.287 e. The van der Waals surface area contributed by atoms with E-state index in [0.29, 0.717) is 17.6 Å². The van der Waals surface area contributed by atoms with Crippen LogP contribution in [0.4, 0.5) is 0 Å². The van der Waals surface area contributed by atoms with Crippen molar-refractivity contribution < 1.29 is 9.59 Å². The Balaban J connectivity index is 1.59. The number of nitrogens with zero attached hydrogens (tertiary/aromatic N) is 2. The van der Waals surface area contributed by atoms with Crippen LogP contribution >= 0.6 is 0 Å². The monoisotopic (exact) mass is 316 g/mol. The summed E-state index contributed by atoms with van der Waals surface area (Å²) in [5.74, 6) is 0.187. The molecule has 0 radical (unpaired) electrons. The third-order valence-electron chi connectivity index (χ3n) is 5.14. The number of rotatable bonds is 4. The molecule has 2 amide bonds. The highest BCUT2D eigenvalue weighted by atomic mass is 16.2. The summed E-state index contributed by atoms with van der Waals surface area (Å²) < 4.78 is 1.96. The molecule has 0 unspecified atom stereocenters. The molecule has 2 aliphatic carbocycles. The normalized spacial score (nSPS) is 21.0. The molecule has 2 N–H and O–H groups in total. The average molecular weight is 316 g/mol. The van der Waals surface area contributed by atoms with Crippen molar-refractivity contribution in [2.45, 2.75) is 76.4 Å². The lowest BCUT2D eigenvalue weighted by Crippen LogP contribution is -2.33. The summed E-state index contributed by atoms with van der Waals surface area (Å²) in [6.07, 6.45) is 9.49. The molecular formula is C17H24N4O2. The Bertz CT molecular complexity index is 627. The number of carbonyl (C=O) groups excluding carboxylic acids is 2. The van der Waals surface area contributed by atoms with Gasteiger partial charge < -0.3 is 15.2 Å². The van der Waals surface area contributed by atoms with E-state index in [4.69, 9.17) is 0 Å². The van der Waals surface area contributed by atoms with Crippen molar-refractivity contribution in [2.75, 3.05) is 0 Å². The predicted molar refractivity (Wildman–Crippen MR) is 85.4 cm³/mol. The van der Waals surface area contributed by atoms with Crippen molar-refractivity contribution in [1.29, 1.82) is 0 Å². The number of carbonyl (C=O) groups is 2. The van der Waals surface area contributed by atoms with Gasteiger partial charge in [-0.15, -0.1) is 0 Å². The standard InChI is InChI=1S/C17H24N4O2/c22-16(18-11-5-1-2-6-11)14-13-7-3-4-10-21(13)15(20-14)17(23)19-12-8-9-12/h11-12H,1-10H2,(H,18,22)(H,19,23). The van der Waals surface area contributed by atoms with E-state index in [1.54, 1.807) is 0 Å². The molecule has 124 valence electrons. The van der Waals surface area contributed by atoms with E-state index in [-0.39, 0.29) is 17.9 Å². The molecule has 0 saturated heterocycles. The minimum absolute atomic E-state index is 0.104. The Hall–Kier alpha value is -1.85. The summed E-state index contributed by atoms with van der Waals surface area (Å²) in [5, 5.41) is 6.10. The third-order valence-corrected chi connectivity index (χ3v) is 5.14. The lowest BCUT2D eigenvalue weighted by atomic mass is 10.1. The van der Waals surface area contributed by atoms with Crippen LogP contribution in [0.15, 0.2) is 0 Å². The van der Waals surface area contributed by atoms with Gasteiger partial charge in [0.25, 0.3) is 11.8 Å². The number of hydrogen-bond acceptors (Lipinski definition) is 3. The Kier molecular flexibility index (Phi) is 3.83. The molecule has 1 aliphatic heterocycles. The van der Waals surface area contributed by atoms with Crippen molar-refractivity contribution in [3.05, 3.63) is 17.2 Å². The van der Waals surface area contributed by atoms with E-state index >= 15 is 0 Å². The van der Waals surface area contributed by atoms with Crippen LogP contribution in [0.5, 0.6) is 0 Å². The second kappa shape index (κ2) is 5.98. The first kappa shape index (κ1) is 14.7. The van der Waals surface area contributed by atoms with Gasteiger partial charge in [-0.05, 0) is 44.9 Å². The van der Waals surface area contributed by atoms with Crippen molar-refractivity contribution in [2.24, 2.45) is 0 Å². The molecule has 6 heteroatoms. The van der Waals surface area contributed by atoms with Crippen LogP contribution in [0.25, 0.3) is 0 Å². The molecular weight excluding hydrogens is 292 g/mol. The van der Waals surface area contributed by atoms with Crippen LogP contribution in [-0.4, -0.2) is 33.4 Å². The van der Waals surface area contributed by atoms with Crippen molar-refractivity contribution >= 4 is 11.8 Å². The summed E-state index contributed by atoms with van der Waals surface area (Å²) in [5.41, 5.74) is 1.41. The number of nitrogens with one attached hydrogen (secondary N) is 2. The van der Waals surface area contributed by atoms with Crippen LogP contribution < -0.4 is 10.6 Å². The van der Waals surface area contributed by atoms with Crippen LogP contribution in [0.3, 0.4) is 0 Å². The SMILES string of the molecule is O=C(NC1CCCC1)c1nc(C(=O)NC2CC2)n2c1CCCC2. The molecule has 0 atom stereocenters. The molecule has 23 heavy (non-hydrogen) atoms. The van der Waals surface area contributed by atoms with Gasteiger partial charge in [-0.2, -0.15) is 0 Å². The molecule has 0 bridgehead atoms. The first-order valence-electron chi connectivity index (χ1n) is 8.93. The maximum absolute atomic E-state index is 12.6. The highest BCUT2D eigenvalue weighted by molar-refractivity contribution is 5.97. The molecule has 2 saturated carbocycles. The first-order valence-corrected chi connectivity index (χ1v) is 8.93. The maximum Gasteiger partial charge on any atom is 0.287 e. The summed E-state index contributed by atoms with van der Waals surface area (Å²) in [6.45, 7) is 0.784. The van der Waals surface area contributed by atoms with Crippen LogP contribution in [-0.2, 0) is 13.0 Å². The molecule has 0 spiro atoms. The fraction of sp³-hybridized carbons (Fsp3) is 0.706. The maximum atomic E-state index is 12.6. The second-order valence-corrected chi connectivity index (χ2v) is 7.04. The lowest BCUT2D eigenvalue weighted by molar-refractivity contribution is 0.0931. The van der Waals surface area contributed by atoms with Gasteiger partial charge in [-0.25, -0.2) is 4.98 Å². The molecule has 4 rings (SSSR count). The van der Waals surface area contributed by atoms with Crippen molar-refractivity contribution in [1.82, 2.24) is 20.2 Å². The van der Waals surface area contributed by atoms with Crippen LogP contribution in [0.1, 0.15) is 78.2 Å². The fourth-order valence-electron chi connectivity index (χ4n) is 3.70. The van der Waals surface area contributed by atoms with Crippen LogP contribution in [0.2, 0.25) is 0 Å². The van der Waals surface area contributed by atoms with Gasteiger partial charge in [-0.1, -0.05) is 12.8 Å². The third kappa shape index (κ3) is 2.99. The zero-order chi connectivity index (χ0) is 15.8. The van der Waals surface area contributed by atoms with Crippen molar-refractivity contribution in [3.8, 4) is 0 Å². The topological polar surface area (TPSA) is 76.0 Å². The van der Waals surface area contributed by atoms with Crippen LogP contribution in [0, 0.1) is 0 Å². The van der Waals surface area contributed by atoms with E-state index in [9.17, 15) is 9.59 Å². The average Bonchev–Trinajstić information content (AvgIpc) is 3.08. The van der Waals surface area contributed by atoms with Gasteiger partial charge in [0.15, 0.2) is 5.82 Å². The number of fused-ring (bicyclic) bond motifs is 1. The number of hydrogen-bond donors (Lipinski definition) is 2. The molecule has 0 aromatic carbocycles. The number of amides is 2. The highest BCUT2D eigenvalue weighted by Gasteiger charge is 2.31. The highest BCUT2D eigenvalue weighted by Crippen LogP contribution is 2.24. The molecule has 2 heterocycles. The van der Waals surface area contributed by atoms with Gasteiger partial charge in [0.2, 0.25) is 0 Å². The van der Waals surface area contributed by atoms with E-state index in [1.165, 1.54) is 12.8 Å². The lowest BCUT2D eigenvalue weighted by Gasteiger charge is -2.17. The Morgan fingerprint density at radius 1 is 0.913 bits per heavy atom. The van der Waals surface area contributed by atoms with E-state index < -0.39 is 0 Å². The Morgan fingerprint density at radius 3 is 2.35 bits per heavy atom. The Labute approximate surface area is 136 Å². The largest absolute Gasteiger partial charge is 0.348 e. The van der Waals surface area contributed by atoms with Crippen molar-refractivity contribution in [3.63, 3.8) is 0 Å². The molecule has 3 aliphatic rings. The van der Waals surface area contributed by atoms with Gasteiger partial charge in [0.05, 0.1) is 5.69 Å². The summed E-state index contributed by atoms with van der Waals surface area (Å²) >= 11 is 0. The van der Waals surface area contributed by atoms with Gasteiger partial charge in [0.1, 0.15) is 5.69 Å². The van der Waals surface area contributed by atoms with E-state index in [0.717, 1.165) is 57.2 Å². The Morgan fingerprint density at radius 2 is 1.61 bits per heavy atom. The quantitative estimate of drug-likeness (QED) is 0.889. The van der Waals surface area contributed by atoms with Gasteiger partial charge in [-0.3, -0.25) is 9.59 Å². The van der Waals surface area contributed by atoms with E-state index in [2.05, 4.69) is 15.6 Å². The number of aromatic nitrogens is 2. The summed E-state index contributed by atoms with van der Waals surface area (Å²) in [6, 6.07) is 0.571. The molecule has 1 aromatic heterocycles. The number of imidazole rings is 1. The van der Waals surface area contributed by atoms with Gasteiger partial charge in [0, 0.05) is 18.6 Å². The molecule has 1 aromatic rings. The fourth-order valence-corrected chi connectivity index (χ4v) is 3.70. The minimum atomic E-state index is -0.129. The zero-order valence-electron chi connectivity index (χ0n) is 13.4. The first-order chi connectivity index (χ1) is 11.2. The molecule has 2 fully saturated rings. The summed E-state index contributed by atoms with van der Waals surface area (Å²) in [7, 11) is 0. The summed E-state index contributed by atoms with van der Waals surface area (Å²) in [4.78, 5) is 29.5. The van der Waals surface area contributed by atoms with Gasteiger partial charge >= 0.3 is 0 Å². The minimum Gasteiger partial charge on any atom is -0.348 e. The molecule has 6 nitrogen and oxygen atoms in total.